The van der Waals surface area contributed by atoms with Gasteiger partial charge < -0.3 is 29.8 Å². The first kappa shape index (κ1) is 20.4. The number of phosphoric acid groups is 3. The predicted molar refractivity (Wildman–Crippen MR) is 69.1 cm³/mol. The molecule has 22 heavy (non-hydrogen) atoms. The van der Waals surface area contributed by atoms with Crippen molar-refractivity contribution in [1.82, 2.24) is 0 Å². The Bertz CT molecular complexity index is 529. The zero-order valence-electron chi connectivity index (χ0n) is 11.2. The number of phosphoric ester groups is 1. The van der Waals surface area contributed by atoms with Crippen molar-refractivity contribution < 1.29 is 56.6 Å². The van der Waals surface area contributed by atoms with Gasteiger partial charge in [0.05, 0.1) is 18.8 Å². The highest BCUT2D eigenvalue weighted by atomic mass is 31.3. The fourth-order valence-electron chi connectivity index (χ4n) is 2.04. The summed E-state index contributed by atoms with van der Waals surface area (Å²) in [6, 6.07) is 0. The van der Waals surface area contributed by atoms with Crippen LogP contribution in [-0.2, 0) is 26.8 Å². The van der Waals surface area contributed by atoms with Gasteiger partial charge in [-0.2, -0.15) is 8.62 Å². The van der Waals surface area contributed by atoms with E-state index in [1.54, 1.807) is 6.92 Å². The van der Waals surface area contributed by atoms with Gasteiger partial charge in [-0.15, -0.1) is 0 Å². The second-order valence-electron chi connectivity index (χ2n) is 4.82. The molecule has 1 aliphatic carbocycles. The number of hydrogen-bond acceptors (Lipinski definition) is 8. The van der Waals surface area contributed by atoms with Crippen molar-refractivity contribution in [2.24, 2.45) is 11.8 Å². The Labute approximate surface area is 125 Å². The van der Waals surface area contributed by atoms with Crippen LogP contribution in [0.25, 0.3) is 0 Å². The van der Waals surface area contributed by atoms with E-state index in [4.69, 9.17) is 14.7 Å². The van der Waals surface area contributed by atoms with Crippen molar-refractivity contribution in [1.29, 1.82) is 0 Å². The van der Waals surface area contributed by atoms with Crippen LogP contribution in [0.2, 0.25) is 0 Å². The lowest BCUT2D eigenvalue weighted by Crippen LogP contribution is -2.28. The molecule has 0 saturated heterocycles. The molecule has 6 N–H and O–H groups in total. The van der Waals surface area contributed by atoms with Crippen LogP contribution in [0.5, 0.6) is 0 Å². The van der Waals surface area contributed by atoms with Gasteiger partial charge in [0.1, 0.15) is 0 Å². The normalized spacial score (nSPS) is 35.0. The molecule has 0 aromatic rings. The van der Waals surface area contributed by atoms with E-state index < -0.39 is 48.2 Å². The molecule has 0 aromatic carbocycles. The molecule has 0 heterocycles. The third-order valence-electron chi connectivity index (χ3n) is 2.98. The van der Waals surface area contributed by atoms with Crippen LogP contribution in [-0.4, -0.2) is 48.6 Å². The Morgan fingerprint density at radius 2 is 1.55 bits per heavy atom. The van der Waals surface area contributed by atoms with Crippen LogP contribution >= 0.6 is 23.5 Å². The molecular weight excluding hydrogens is 369 g/mol. The van der Waals surface area contributed by atoms with E-state index in [0.29, 0.717) is 0 Å². The Morgan fingerprint density at radius 1 is 1.00 bits per heavy atom. The second-order valence-corrected chi connectivity index (χ2v) is 9.24. The van der Waals surface area contributed by atoms with Crippen molar-refractivity contribution in [3.8, 4) is 0 Å². The van der Waals surface area contributed by atoms with Crippen LogP contribution < -0.4 is 0 Å². The van der Waals surface area contributed by atoms with Crippen LogP contribution in [0.4, 0.5) is 0 Å². The second kappa shape index (κ2) is 7.06. The first-order chi connectivity index (χ1) is 9.72. The van der Waals surface area contributed by atoms with Gasteiger partial charge in [-0.3, -0.25) is 4.52 Å². The first-order valence-corrected chi connectivity index (χ1v) is 10.4. The van der Waals surface area contributed by atoms with Crippen LogP contribution in [0, 0.1) is 11.8 Å². The first-order valence-electron chi connectivity index (χ1n) is 5.87. The average molecular weight is 386 g/mol. The van der Waals surface area contributed by atoms with E-state index in [9.17, 15) is 28.8 Å². The summed E-state index contributed by atoms with van der Waals surface area (Å²) in [5.41, 5.74) is 0. The molecule has 0 aliphatic heterocycles. The standard InChI is InChI=1S/C7H17O12P3/c1-4-2-6(8)5(7(4)9)3-17-21(13,14)19-22(15,16)18-20(10,11)12/h4-9H,2-3H2,1H3,(H,13,14)(H,15,16)(H2,10,11,12)/t4-,5+,6+,7?/m0/s1. The monoisotopic (exact) mass is 386 g/mol. The molecule has 0 bridgehead atoms. The Balaban J connectivity index is 2.63. The van der Waals surface area contributed by atoms with Crippen molar-refractivity contribution in [2.75, 3.05) is 6.61 Å². The smallest absolute Gasteiger partial charge is 0.393 e. The van der Waals surface area contributed by atoms with E-state index in [1.807, 2.05) is 0 Å². The molecule has 6 atom stereocenters. The maximum absolute atomic E-state index is 11.4. The summed E-state index contributed by atoms with van der Waals surface area (Å²) in [5, 5.41) is 19.4. The molecule has 3 unspecified atom stereocenters. The molecule has 1 aliphatic rings. The third kappa shape index (κ3) is 6.45. The lowest BCUT2D eigenvalue weighted by molar-refractivity contribution is 0.0207. The fourth-order valence-corrected chi connectivity index (χ4v) is 5.09. The molecule has 0 radical (unpaired) electrons. The molecule has 1 fully saturated rings. The number of hydrogen-bond donors (Lipinski definition) is 6. The number of rotatable bonds is 7. The zero-order valence-corrected chi connectivity index (χ0v) is 13.9. The molecule has 0 amide bonds. The van der Waals surface area contributed by atoms with Gasteiger partial charge in [-0.05, 0) is 12.3 Å². The van der Waals surface area contributed by atoms with Gasteiger partial charge in [-0.1, -0.05) is 6.92 Å². The molecule has 0 spiro atoms. The van der Waals surface area contributed by atoms with Crippen molar-refractivity contribution in [3.05, 3.63) is 0 Å². The molecule has 132 valence electrons. The summed E-state index contributed by atoms with van der Waals surface area (Å²) >= 11 is 0. The number of aliphatic hydroxyl groups is 2. The van der Waals surface area contributed by atoms with E-state index >= 15 is 0 Å². The summed E-state index contributed by atoms with van der Waals surface area (Å²) in [5.74, 6) is -1.22. The van der Waals surface area contributed by atoms with E-state index in [2.05, 4.69) is 13.1 Å². The summed E-state index contributed by atoms with van der Waals surface area (Å²) in [6.45, 7) is 0.953. The summed E-state index contributed by atoms with van der Waals surface area (Å²) < 4.78 is 44.4. The van der Waals surface area contributed by atoms with E-state index in [0.717, 1.165) is 0 Å². The highest BCUT2D eigenvalue weighted by Crippen LogP contribution is 2.66. The van der Waals surface area contributed by atoms with Crippen LogP contribution in [0.1, 0.15) is 13.3 Å². The van der Waals surface area contributed by atoms with Gasteiger partial charge >= 0.3 is 23.5 Å². The zero-order chi connectivity index (χ0) is 17.3. The van der Waals surface area contributed by atoms with Crippen molar-refractivity contribution in [3.63, 3.8) is 0 Å². The average Bonchev–Trinajstić information content (AvgIpc) is 2.45. The van der Waals surface area contributed by atoms with Gasteiger partial charge in [0.2, 0.25) is 0 Å². The van der Waals surface area contributed by atoms with Gasteiger partial charge in [0.15, 0.2) is 0 Å². The molecule has 1 saturated carbocycles. The third-order valence-corrected chi connectivity index (χ3v) is 6.78. The Morgan fingerprint density at radius 3 is 1.95 bits per heavy atom. The molecule has 15 heteroatoms. The van der Waals surface area contributed by atoms with Crippen LogP contribution in [0.3, 0.4) is 0 Å². The topological polar surface area (TPSA) is 200 Å². The van der Waals surface area contributed by atoms with Crippen molar-refractivity contribution >= 4 is 23.5 Å². The van der Waals surface area contributed by atoms with E-state index in [-0.39, 0.29) is 12.3 Å². The maximum Gasteiger partial charge on any atom is 0.490 e. The highest BCUT2D eigenvalue weighted by molar-refractivity contribution is 7.66. The quantitative estimate of drug-likeness (QED) is 0.313. The number of aliphatic hydroxyl groups excluding tert-OH is 2. The fraction of sp³-hybridized carbons (Fsp3) is 1.00. The Hall–Kier alpha value is 0.330. The highest BCUT2D eigenvalue weighted by Gasteiger charge is 2.44. The minimum atomic E-state index is -5.57. The lowest BCUT2D eigenvalue weighted by Gasteiger charge is -2.21. The molecule has 12 nitrogen and oxygen atoms in total. The minimum Gasteiger partial charge on any atom is -0.393 e. The van der Waals surface area contributed by atoms with Crippen LogP contribution in [0.15, 0.2) is 0 Å². The largest absolute Gasteiger partial charge is 0.490 e. The summed E-state index contributed by atoms with van der Waals surface area (Å²) in [6.07, 6.45) is -1.81. The van der Waals surface area contributed by atoms with Gasteiger partial charge in [0, 0.05) is 5.92 Å². The Kier molecular flexibility index (Phi) is 6.54. The lowest BCUT2D eigenvalue weighted by atomic mass is 10.0. The van der Waals surface area contributed by atoms with E-state index in [1.165, 1.54) is 0 Å². The summed E-state index contributed by atoms with van der Waals surface area (Å²) in [4.78, 5) is 34.9. The van der Waals surface area contributed by atoms with Gasteiger partial charge in [-0.25, -0.2) is 13.7 Å². The maximum atomic E-state index is 11.4. The minimum absolute atomic E-state index is 0.228. The molecular formula is C7H17O12P3. The molecule has 1 rings (SSSR count). The van der Waals surface area contributed by atoms with Gasteiger partial charge in [0.25, 0.3) is 0 Å². The molecule has 0 aromatic heterocycles. The SMILES string of the molecule is C[C@H]1C[C@@H](O)[C@@H](COP(=O)(O)OP(=O)(O)OP(=O)(O)O)C1O. The summed E-state index contributed by atoms with van der Waals surface area (Å²) in [7, 11) is -16.2. The van der Waals surface area contributed by atoms with Crippen molar-refractivity contribution in [2.45, 2.75) is 25.6 Å². The predicted octanol–water partition coefficient (Wildman–Crippen LogP) is -0.293.